The second-order valence-electron chi connectivity index (χ2n) is 3.68. The van der Waals surface area contributed by atoms with Gasteiger partial charge in [0.05, 0.1) is 6.20 Å². The third kappa shape index (κ3) is 2.41. The van der Waals surface area contributed by atoms with Crippen LogP contribution in [0.25, 0.3) is 0 Å². The average molecular weight is 219 g/mol. The van der Waals surface area contributed by atoms with Crippen molar-refractivity contribution in [1.29, 1.82) is 0 Å². The van der Waals surface area contributed by atoms with Crippen LogP contribution in [0, 0.1) is 0 Å². The molecule has 0 fully saturated rings. The number of phenols is 1. The molecule has 1 aromatic heterocycles. The molecule has 4 heteroatoms. The van der Waals surface area contributed by atoms with Crippen LogP contribution in [0.15, 0.2) is 34.9 Å². The van der Waals surface area contributed by atoms with Gasteiger partial charge in [-0.15, -0.1) is 0 Å². The smallest absolute Gasteiger partial charge is 0.198 e. The summed E-state index contributed by atoms with van der Waals surface area (Å²) in [5.41, 5.74) is 0.997. The van der Waals surface area contributed by atoms with Crippen molar-refractivity contribution in [3.8, 4) is 5.75 Å². The van der Waals surface area contributed by atoms with Gasteiger partial charge in [0.1, 0.15) is 11.9 Å². The zero-order valence-corrected chi connectivity index (χ0v) is 8.92. The Morgan fingerprint density at radius 3 is 2.56 bits per heavy atom. The van der Waals surface area contributed by atoms with E-state index in [1.54, 1.807) is 19.1 Å². The number of aliphatic hydroxyl groups excluding tert-OH is 1. The van der Waals surface area contributed by atoms with Crippen molar-refractivity contribution in [3.63, 3.8) is 0 Å². The minimum atomic E-state index is -0.638. The first-order valence-corrected chi connectivity index (χ1v) is 5.06. The molecule has 4 nitrogen and oxygen atoms in total. The largest absolute Gasteiger partial charge is 0.508 e. The molecule has 1 atom stereocenters. The fraction of sp³-hybridized carbons (Fsp3) is 0.250. The zero-order chi connectivity index (χ0) is 11.5. The number of hydrogen-bond acceptors (Lipinski definition) is 4. The highest BCUT2D eigenvalue weighted by Crippen LogP contribution is 2.17. The van der Waals surface area contributed by atoms with Gasteiger partial charge in [-0.05, 0) is 24.6 Å². The molecule has 0 bridgehead atoms. The van der Waals surface area contributed by atoms with E-state index in [2.05, 4.69) is 4.98 Å². The molecule has 0 aliphatic heterocycles. The SMILES string of the molecule is CC(O)c1cnc(Cc2ccc(O)cc2)o1. The summed E-state index contributed by atoms with van der Waals surface area (Å²) >= 11 is 0. The van der Waals surface area contributed by atoms with Crippen molar-refractivity contribution in [2.75, 3.05) is 0 Å². The van der Waals surface area contributed by atoms with Gasteiger partial charge in [0.2, 0.25) is 0 Å². The normalized spacial score (nSPS) is 12.6. The van der Waals surface area contributed by atoms with Gasteiger partial charge >= 0.3 is 0 Å². The summed E-state index contributed by atoms with van der Waals surface area (Å²) in [7, 11) is 0. The Morgan fingerprint density at radius 1 is 1.31 bits per heavy atom. The summed E-state index contributed by atoms with van der Waals surface area (Å²) in [6.45, 7) is 1.63. The molecule has 0 spiro atoms. The highest BCUT2D eigenvalue weighted by atomic mass is 16.4. The van der Waals surface area contributed by atoms with Gasteiger partial charge in [-0.25, -0.2) is 4.98 Å². The predicted octanol–water partition coefficient (Wildman–Crippen LogP) is 2.02. The Hall–Kier alpha value is -1.81. The number of aromatic nitrogens is 1. The van der Waals surface area contributed by atoms with Crippen molar-refractivity contribution in [1.82, 2.24) is 4.98 Å². The van der Waals surface area contributed by atoms with Crippen molar-refractivity contribution in [3.05, 3.63) is 47.7 Å². The van der Waals surface area contributed by atoms with Gasteiger partial charge in [-0.2, -0.15) is 0 Å². The molecular weight excluding hydrogens is 206 g/mol. The highest BCUT2D eigenvalue weighted by Gasteiger charge is 2.08. The van der Waals surface area contributed by atoms with Crippen LogP contribution in [0.2, 0.25) is 0 Å². The van der Waals surface area contributed by atoms with Gasteiger partial charge in [-0.1, -0.05) is 12.1 Å². The van der Waals surface area contributed by atoms with Crippen molar-refractivity contribution in [2.45, 2.75) is 19.4 Å². The molecule has 2 aromatic rings. The Balaban J connectivity index is 2.11. The first-order valence-electron chi connectivity index (χ1n) is 5.06. The van der Waals surface area contributed by atoms with E-state index in [0.717, 1.165) is 5.56 Å². The van der Waals surface area contributed by atoms with Crippen LogP contribution in [0.3, 0.4) is 0 Å². The number of nitrogens with zero attached hydrogens (tertiary/aromatic N) is 1. The maximum atomic E-state index is 9.27. The van der Waals surface area contributed by atoms with E-state index in [-0.39, 0.29) is 5.75 Å². The lowest BCUT2D eigenvalue weighted by Crippen LogP contribution is -1.88. The maximum absolute atomic E-state index is 9.27. The molecule has 1 heterocycles. The van der Waals surface area contributed by atoms with E-state index in [1.807, 2.05) is 12.1 Å². The van der Waals surface area contributed by atoms with Crippen molar-refractivity contribution >= 4 is 0 Å². The number of aliphatic hydroxyl groups is 1. The van der Waals surface area contributed by atoms with E-state index in [4.69, 9.17) is 9.52 Å². The summed E-state index contributed by atoms with van der Waals surface area (Å²) in [6.07, 6.45) is 1.44. The summed E-state index contributed by atoms with van der Waals surface area (Å²) < 4.78 is 5.36. The van der Waals surface area contributed by atoms with E-state index in [0.29, 0.717) is 18.1 Å². The average Bonchev–Trinajstić information content (AvgIpc) is 2.70. The van der Waals surface area contributed by atoms with Gasteiger partial charge in [0.25, 0.3) is 0 Å². The first kappa shape index (κ1) is 10.7. The number of rotatable bonds is 3. The lowest BCUT2D eigenvalue weighted by atomic mass is 10.1. The molecule has 0 saturated heterocycles. The number of hydrogen-bond donors (Lipinski definition) is 2. The minimum Gasteiger partial charge on any atom is -0.508 e. The van der Waals surface area contributed by atoms with Crippen LogP contribution >= 0.6 is 0 Å². The van der Waals surface area contributed by atoms with E-state index < -0.39 is 6.10 Å². The van der Waals surface area contributed by atoms with Crippen LogP contribution in [0.5, 0.6) is 5.75 Å². The van der Waals surface area contributed by atoms with E-state index in [9.17, 15) is 5.11 Å². The number of aromatic hydroxyl groups is 1. The lowest BCUT2D eigenvalue weighted by Gasteiger charge is -1.99. The quantitative estimate of drug-likeness (QED) is 0.828. The molecule has 2 N–H and O–H groups in total. The molecule has 84 valence electrons. The summed E-state index contributed by atoms with van der Waals surface area (Å²) in [5.74, 6) is 1.26. The number of phenolic OH excluding ortho intramolecular Hbond substituents is 1. The number of benzene rings is 1. The zero-order valence-electron chi connectivity index (χ0n) is 8.92. The molecule has 0 aliphatic rings. The highest BCUT2D eigenvalue weighted by molar-refractivity contribution is 5.27. The Labute approximate surface area is 93.2 Å². The second kappa shape index (κ2) is 4.37. The Kier molecular flexibility index (Phi) is 2.92. The fourth-order valence-electron chi connectivity index (χ4n) is 1.39. The summed E-state index contributed by atoms with van der Waals surface area (Å²) in [5, 5.41) is 18.4. The molecule has 16 heavy (non-hydrogen) atoms. The van der Waals surface area contributed by atoms with E-state index >= 15 is 0 Å². The van der Waals surface area contributed by atoms with E-state index in [1.165, 1.54) is 6.20 Å². The van der Waals surface area contributed by atoms with Crippen molar-refractivity contribution in [2.24, 2.45) is 0 Å². The molecular formula is C12H13NO3. The molecule has 0 radical (unpaired) electrons. The molecule has 0 saturated carbocycles. The van der Waals surface area contributed by atoms with Crippen molar-refractivity contribution < 1.29 is 14.6 Å². The minimum absolute atomic E-state index is 0.237. The van der Waals surface area contributed by atoms with Crippen LogP contribution in [0.1, 0.15) is 30.2 Å². The van der Waals surface area contributed by atoms with Crippen LogP contribution < -0.4 is 0 Å². The van der Waals surface area contributed by atoms with Crippen LogP contribution in [0.4, 0.5) is 0 Å². The van der Waals surface area contributed by atoms with Crippen LogP contribution in [-0.2, 0) is 6.42 Å². The van der Waals surface area contributed by atoms with Gasteiger partial charge in [0.15, 0.2) is 11.7 Å². The standard InChI is InChI=1S/C12H13NO3/c1-8(14)11-7-13-12(16-11)6-9-2-4-10(15)5-3-9/h2-5,7-8,14-15H,6H2,1H3. The molecule has 0 amide bonds. The fourth-order valence-corrected chi connectivity index (χ4v) is 1.39. The molecule has 1 unspecified atom stereocenters. The second-order valence-corrected chi connectivity index (χ2v) is 3.68. The van der Waals surface area contributed by atoms with Gasteiger partial charge in [0, 0.05) is 6.42 Å². The third-order valence-electron chi connectivity index (χ3n) is 2.27. The lowest BCUT2D eigenvalue weighted by molar-refractivity contribution is 0.167. The predicted molar refractivity (Wildman–Crippen MR) is 58.0 cm³/mol. The topological polar surface area (TPSA) is 66.5 Å². The first-order chi connectivity index (χ1) is 7.65. The van der Waals surface area contributed by atoms with Gasteiger partial charge in [-0.3, -0.25) is 0 Å². The maximum Gasteiger partial charge on any atom is 0.198 e. The third-order valence-corrected chi connectivity index (χ3v) is 2.27. The Morgan fingerprint density at radius 2 is 2.00 bits per heavy atom. The van der Waals surface area contributed by atoms with Gasteiger partial charge < -0.3 is 14.6 Å². The monoisotopic (exact) mass is 219 g/mol. The Bertz CT molecular complexity index is 459. The molecule has 0 aliphatic carbocycles. The molecule has 2 rings (SSSR count). The number of oxazole rings is 1. The summed E-state index contributed by atoms with van der Waals surface area (Å²) in [6, 6.07) is 6.85. The molecule has 1 aromatic carbocycles. The summed E-state index contributed by atoms with van der Waals surface area (Å²) in [4.78, 5) is 4.07. The van der Waals surface area contributed by atoms with Crippen LogP contribution in [-0.4, -0.2) is 15.2 Å².